The number of phenolic OH excluding ortho intramolecular Hbond substituents is 1. The van der Waals surface area contributed by atoms with E-state index < -0.39 is 93.6 Å². The van der Waals surface area contributed by atoms with Gasteiger partial charge in [-0.1, -0.05) is 79.7 Å². The van der Waals surface area contributed by atoms with E-state index in [1.807, 2.05) is 78.9 Å². The summed E-state index contributed by atoms with van der Waals surface area (Å²) in [6, 6.07) is 27.9. The predicted octanol–water partition coefficient (Wildman–Crippen LogP) is 4.19. The second-order valence-electron chi connectivity index (χ2n) is 15.4. The van der Waals surface area contributed by atoms with Crippen LogP contribution in [0.4, 0.5) is 5.69 Å². The van der Waals surface area contributed by atoms with Crippen molar-refractivity contribution in [1.29, 1.82) is 0 Å². The minimum absolute atomic E-state index is 0.161. The lowest BCUT2D eigenvalue weighted by Crippen LogP contribution is -2.63. The molecule has 7 rings (SSSR count). The number of benzene rings is 4. The van der Waals surface area contributed by atoms with E-state index in [2.05, 4.69) is 10.6 Å². The van der Waals surface area contributed by atoms with Crippen molar-refractivity contribution in [1.82, 2.24) is 5.32 Å². The van der Waals surface area contributed by atoms with Crippen LogP contribution in [-0.2, 0) is 43.6 Å². The summed E-state index contributed by atoms with van der Waals surface area (Å²) >= 11 is 0. The Labute approximate surface area is 350 Å². The number of carbonyl (C=O) groups excluding carboxylic acids is 5. The summed E-state index contributed by atoms with van der Waals surface area (Å²) in [5, 5.41) is 61.9. The number of amides is 3. The lowest BCUT2D eigenvalue weighted by molar-refractivity contribution is -0.160. The fraction of sp³-hybridized carbons (Fsp3) is 0.283. The van der Waals surface area contributed by atoms with Crippen LogP contribution >= 0.6 is 0 Å². The molecule has 4 aromatic carbocycles. The zero-order valence-electron chi connectivity index (χ0n) is 33.1. The van der Waals surface area contributed by atoms with Gasteiger partial charge in [-0.3, -0.25) is 24.0 Å². The molecule has 0 aliphatic heterocycles. The number of phenols is 1. The number of nitrogens with one attached hydrogen (secondary N) is 2. The highest BCUT2D eigenvalue weighted by molar-refractivity contribution is 6.23. The SMILES string of the molecule is C[C@H]1c2ccc(NC(=O)CCC(=O)NCCc3ccc(OCc4ccccc4)c(OCc4ccccc4)c3)c(O)c2C(O)=C2C(=O)[C@]3(O)C(O)=C(C(N)=O)C(=O)CC3[C@@H](O)C21. The van der Waals surface area contributed by atoms with Gasteiger partial charge in [0.15, 0.2) is 22.9 Å². The number of nitrogens with two attached hydrogens (primary N) is 1. The third-order valence-corrected chi connectivity index (χ3v) is 11.6. The normalized spacial score (nSPS) is 21.8. The van der Waals surface area contributed by atoms with Gasteiger partial charge in [-0.2, -0.15) is 0 Å². The van der Waals surface area contributed by atoms with E-state index in [1.54, 1.807) is 6.92 Å². The maximum atomic E-state index is 13.9. The topological polar surface area (TPSA) is 255 Å². The van der Waals surface area contributed by atoms with Crippen LogP contribution in [0.2, 0.25) is 0 Å². The van der Waals surface area contributed by atoms with Crippen LogP contribution in [0.15, 0.2) is 108 Å². The van der Waals surface area contributed by atoms with E-state index in [1.165, 1.54) is 12.1 Å². The average Bonchev–Trinajstić information content (AvgIpc) is 3.24. The number of hydrogen-bond acceptors (Lipinski definition) is 12. The van der Waals surface area contributed by atoms with Crippen LogP contribution < -0.4 is 25.8 Å². The zero-order chi connectivity index (χ0) is 43.6. The molecule has 0 aromatic heterocycles. The quantitative estimate of drug-likeness (QED) is 0.0658. The molecule has 1 fully saturated rings. The van der Waals surface area contributed by atoms with Crippen LogP contribution in [0.5, 0.6) is 17.2 Å². The van der Waals surface area contributed by atoms with Gasteiger partial charge in [-0.25, -0.2) is 0 Å². The first-order valence-corrected chi connectivity index (χ1v) is 19.7. The highest BCUT2D eigenvalue weighted by atomic mass is 16.5. The molecule has 3 aliphatic rings. The Morgan fingerprint density at radius 3 is 2.08 bits per heavy atom. The molecule has 61 heavy (non-hydrogen) atoms. The number of hydrogen-bond donors (Lipinski definition) is 8. The predicted molar refractivity (Wildman–Crippen MR) is 220 cm³/mol. The molecule has 5 atom stereocenters. The van der Waals surface area contributed by atoms with Crippen LogP contribution in [0.3, 0.4) is 0 Å². The van der Waals surface area contributed by atoms with Gasteiger partial charge in [0, 0.05) is 43.2 Å². The number of Topliss-reactive ketones (excluding diaryl/α,β-unsaturated/α-hetero) is 2. The number of aromatic hydroxyl groups is 1. The number of rotatable bonds is 14. The van der Waals surface area contributed by atoms with Crippen molar-refractivity contribution in [3.8, 4) is 17.2 Å². The van der Waals surface area contributed by atoms with E-state index in [4.69, 9.17) is 15.2 Å². The number of ether oxygens (including phenoxy) is 2. The van der Waals surface area contributed by atoms with Gasteiger partial charge >= 0.3 is 0 Å². The third kappa shape index (κ3) is 8.17. The highest BCUT2D eigenvalue weighted by Crippen LogP contribution is 2.56. The number of anilines is 1. The summed E-state index contributed by atoms with van der Waals surface area (Å²) in [6.07, 6.45) is -2.36. The van der Waals surface area contributed by atoms with Crippen molar-refractivity contribution in [3.05, 3.63) is 136 Å². The molecule has 3 aliphatic carbocycles. The van der Waals surface area contributed by atoms with Gasteiger partial charge in [0.05, 0.1) is 17.4 Å². The van der Waals surface area contributed by atoms with Gasteiger partial charge in [0.1, 0.15) is 36.1 Å². The molecule has 1 saturated carbocycles. The number of carbonyl (C=O) groups is 5. The van der Waals surface area contributed by atoms with Crippen molar-refractivity contribution < 1.29 is 59.0 Å². The van der Waals surface area contributed by atoms with Crippen molar-refractivity contribution in [2.75, 3.05) is 11.9 Å². The van der Waals surface area contributed by atoms with Crippen molar-refractivity contribution >= 4 is 40.7 Å². The number of aliphatic hydroxyl groups excluding tert-OH is 3. The number of aliphatic hydroxyl groups is 4. The first kappa shape index (κ1) is 42.2. The molecule has 0 radical (unpaired) electrons. The number of primary amides is 1. The Bertz CT molecular complexity index is 2470. The van der Waals surface area contributed by atoms with E-state index in [0.29, 0.717) is 31.1 Å². The monoisotopic (exact) mass is 831 g/mol. The molecule has 316 valence electrons. The number of ketones is 2. The van der Waals surface area contributed by atoms with Crippen molar-refractivity contribution in [3.63, 3.8) is 0 Å². The molecule has 4 aromatic rings. The van der Waals surface area contributed by atoms with Gasteiger partial charge in [0.25, 0.3) is 5.91 Å². The van der Waals surface area contributed by atoms with Crippen molar-refractivity contribution in [2.45, 2.75) is 63.4 Å². The maximum absolute atomic E-state index is 13.9. The minimum atomic E-state index is -2.97. The van der Waals surface area contributed by atoms with E-state index in [9.17, 15) is 49.5 Å². The summed E-state index contributed by atoms with van der Waals surface area (Å²) in [6.45, 7) is 2.54. The summed E-state index contributed by atoms with van der Waals surface area (Å²) in [5.74, 6) is -9.90. The second kappa shape index (κ2) is 17.3. The average molecular weight is 832 g/mol. The first-order chi connectivity index (χ1) is 29.2. The van der Waals surface area contributed by atoms with Crippen molar-refractivity contribution in [2.24, 2.45) is 17.6 Å². The maximum Gasteiger partial charge on any atom is 0.255 e. The standard InChI is InChI=1S/C46H45N3O12/c1-24-28-13-14-30(41(54)37(28)42(55)39-36(24)40(53)29-21-31(50)38(45(47)58)43(56)46(29,59)44(39)57)49-35(52)17-16-34(51)48-19-18-25-12-15-32(60-22-26-8-4-2-5-9-26)33(20-25)61-23-27-10-6-3-7-11-27/h2-15,20,24,29,36,40,53-56,59H,16-19,21-23H2,1H3,(H2,47,58)(H,48,51)(H,49,52)/t24-,29?,36?,40+,46+/m0/s1. The summed E-state index contributed by atoms with van der Waals surface area (Å²) in [7, 11) is 0. The fourth-order valence-corrected chi connectivity index (χ4v) is 8.38. The summed E-state index contributed by atoms with van der Waals surface area (Å²) in [5.41, 5.74) is 3.45. The molecular weight excluding hydrogens is 787 g/mol. The molecule has 0 spiro atoms. The van der Waals surface area contributed by atoms with Crippen LogP contribution in [0.25, 0.3) is 5.76 Å². The van der Waals surface area contributed by atoms with Gasteiger partial charge < -0.3 is 51.4 Å². The lowest BCUT2D eigenvalue weighted by atomic mass is 9.55. The van der Waals surface area contributed by atoms with Gasteiger partial charge in [-0.05, 0) is 52.8 Å². The van der Waals surface area contributed by atoms with Crippen LogP contribution in [0, 0.1) is 11.8 Å². The van der Waals surface area contributed by atoms with Gasteiger partial charge in [0.2, 0.25) is 17.6 Å². The lowest BCUT2D eigenvalue weighted by Gasteiger charge is -2.50. The second-order valence-corrected chi connectivity index (χ2v) is 15.4. The smallest absolute Gasteiger partial charge is 0.255 e. The number of fused-ring (bicyclic) bond motifs is 3. The molecule has 3 amide bonds. The van der Waals surface area contributed by atoms with E-state index >= 15 is 0 Å². The molecule has 0 heterocycles. The zero-order valence-corrected chi connectivity index (χ0v) is 33.1. The largest absolute Gasteiger partial charge is 0.508 e. The summed E-state index contributed by atoms with van der Waals surface area (Å²) < 4.78 is 12.2. The van der Waals surface area contributed by atoms with E-state index in [-0.39, 0.29) is 36.2 Å². The Hall–Kier alpha value is -6.97. The highest BCUT2D eigenvalue weighted by Gasteiger charge is 2.65. The molecule has 15 heteroatoms. The molecular formula is C46H45N3O12. The molecule has 2 unspecified atom stereocenters. The minimum Gasteiger partial charge on any atom is -0.508 e. The molecule has 0 bridgehead atoms. The fourth-order valence-electron chi connectivity index (χ4n) is 8.38. The Morgan fingerprint density at radius 1 is 0.820 bits per heavy atom. The van der Waals surface area contributed by atoms with Gasteiger partial charge in [-0.15, -0.1) is 0 Å². The molecule has 0 saturated heterocycles. The molecule has 15 nitrogen and oxygen atoms in total. The summed E-state index contributed by atoms with van der Waals surface area (Å²) in [4.78, 5) is 64.3. The van der Waals surface area contributed by atoms with E-state index in [0.717, 1.165) is 16.7 Å². The van der Waals surface area contributed by atoms with Crippen LogP contribution in [-0.4, -0.2) is 73.1 Å². The Balaban J connectivity index is 0.981. The molecule has 9 N–H and O–H groups in total. The Morgan fingerprint density at radius 2 is 1.44 bits per heavy atom. The Kier molecular flexibility index (Phi) is 12.0. The van der Waals surface area contributed by atoms with Crippen LogP contribution in [0.1, 0.15) is 59.9 Å². The third-order valence-electron chi connectivity index (χ3n) is 11.6. The first-order valence-electron chi connectivity index (χ1n) is 19.7.